The molecular weight excluding hydrogens is 265 g/mol. The average molecular weight is 286 g/mol. The third-order valence-corrected chi connectivity index (χ3v) is 4.17. The summed E-state index contributed by atoms with van der Waals surface area (Å²) < 4.78 is 0. The van der Waals surface area contributed by atoms with Crippen molar-refractivity contribution in [3.8, 4) is 0 Å². The fourth-order valence-corrected chi connectivity index (χ4v) is 3.44. The largest absolute Gasteiger partial charge is 0.310 e. The van der Waals surface area contributed by atoms with Gasteiger partial charge in [0.25, 0.3) is 0 Å². The number of benzene rings is 1. The first-order chi connectivity index (χ1) is 8.70. The van der Waals surface area contributed by atoms with Crippen LogP contribution in [-0.2, 0) is 0 Å². The maximum absolute atomic E-state index is 6.12. The first-order valence-corrected chi connectivity index (χ1v) is 7.65. The van der Waals surface area contributed by atoms with Gasteiger partial charge in [0.05, 0.1) is 0 Å². The van der Waals surface area contributed by atoms with Crippen molar-refractivity contribution in [3.05, 3.63) is 33.8 Å². The summed E-state index contributed by atoms with van der Waals surface area (Å²) in [6, 6.07) is 6.32. The molecular formula is C15H21Cl2N. The first-order valence-electron chi connectivity index (χ1n) is 6.90. The van der Waals surface area contributed by atoms with Crippen molar-refractivity contribution < 1.29 is 0 Å². The molecule has 1 N–H and O–H groups in total. The normalized spacial score (nSPS) is 18.2. The zero-order valence-electron chi connectivity index (χ0n) is 10.9. The lowest BCUT2D eigenvalue weighted by molar-refractivity contribution is 0.368. The van der Waals surface area contributed by atoms with Crippen LogP contribution in [0.4, 0.5) is 0 Å². The van der Waals surface area contributed by atoms with E-state index in [0.717, 1.165) is 28.9 Å². The van der Waals surface area contributed by atoms with E-state index >= 15 is 0 Å². The lowest BCUT2D eigenvalue weighted by Crippen LogP contribution is -2.27. The molecule has 0 amide bonds. The predicted octanol–water partition coefficient (Wildman–Crippen LogP) is 5.22. The average Bonchev–Trinajstić information content (AvgIpc) is 2.82. The van der Waals surface area contributed by atoms with Crippen LogP contribution >= 0.6 is 23.2 Å². The van der Waals surface area contributed by atoms with Crippen molar-refractivity contribution in [2.75, 3.05) is 6.54 Å². The van der Waals surface area contributed by atoms with Crippen LogP contribution in [0.5, 0.6) is 0 Å². The SMILES string of the molecule is CCCNC(c1cc(Cl)cc(Cl)c1)C1CCCC1. The van der Waals surface area contributed by atoms with Crippen molar-refractivity contribution in [1.82, 2.24) is 5.32 Å². The molecule has 1 aliphatic rings. The Bertz CT molecular complexity index is 366. The van der Waals surface area contributed by atoms with E-state index < -0.39 is 0 Å². The van der Waals surface area contributed by atoms with Crippen LogP contribution in [-0.4, -0.2) is 6.54 Å². The Hall–Kier alpha value is -0.240. The molecule has 2 rings (SSSR count). The highest BCUT2D eigenvalue weighted by Gasteiger charge is 2.26. The van der Waals surface area contributed by atoms with Crippen LogP contribution in [0.1, 0.15) is 50.6 Å². The Morgan fingerprint density at radius 3 is 2.33 bits per heavy atom. The third-order valence-electron chi connectivity index (χ3n) is 3.73. The van der Waals surface area contributed by atoms with E-state index in [0.29, 0.717) is 6.04 Å². The van der Waals surface area contributed by atoms with Crippen molar-refractivity contribution in [2.24, 2.45) is 5.92 Å². The summed E-state index contributed by atoms with van der Waals surface area (Å²) in [5.41, 5.74) is 1.24. The van der Waals surface area contributed by atoms with Crippen LogP contribution < -0.4 is 5.32 Å². The van der Waals surface area contributed by atoms with Gasteiger partial charge in [0.15, 0.2) is 0 Å². The van der Waals surface area contributed by atoms with E-state index in [9.17, 15) is 0 Å². The standard InChI is InChI=1S/C15H21Cl2N/c1-2-7-18-15(11-5-3-4-6-11)12-8-13(16)10-14(17)9-12/h8-11,15,18H,2-7H2,1H3. The molecule has 1 aromatic rings. The molecule has 18 heavy (non-hydrogen) atoms. The van der Waals surface area contributed by atoms with Gasteiger partial charge in [-0.15, -0.1) is 0 Å². The molecule has 0 heterocycles. The monoisotopic (exact) mass is 285 g/mol. The summed E-state index contributed by atoms with van der Waals surface area (Å²) in [5, 5.41) is 5.13. The molecule has 0 aromatic heterocycles. The van der Waals surface area contributed by atoms with Gasteiger partial charge in [-0.25, -0.2) is 0 Å². The zero-order valence-corrected chi connectivity index (χ0v) is 12.4. The number of rotatable bonds is 5. The molecule has 1 fully saturated rings. The van der Waals surface area contributed by atoms with E-state index in [-0.39, 0.29) is 0 Å². The van der Waals surface area contributed by atoms with Crippen LogP contribution in [0.2, 0.25) is 10.0 Å². The van der Waals surface area contributed by atoms with Gasteiger partial charge < -0.3 is 5.32 Å². The van der Waals surface area contributed by atoms with E-state index in [1.54, 1.807) is 6.07 Å². The molecule has 0 spiro atoms. The van der Waals surface area contributed by atoms with E-state index in [2.05, 4.69) is 24.4 Å². The minimum absolute atomic E-state index is 0.406. The molecule has 1 atom stereocenters. The summed E-state index contributed by atoms with van der Waals surface area (Å²) in [6.07, 6.45) is 6.47. The second kappa shape index (κ2) is 6.79. The highest BCUT2D eigenvalue weighted by Crippen LogP contribution is 2.37. The second-order valence-corrected chi connectivity index (χ2v) is 6.05. The minimum Gasteiger partial charge on any atom is -0.310 e. The Balaban J connectivity index is 2.20. The highest BCUT2D eigenvalue weighted by molar-refractivity contribution is 6.34. The molecule has 0 radical (unpaired) electrons. The smallest absolute Gasteiger partial charge is 0.0424 e. The van der Waals surface area contributed by atoms with E-state index in [1.807, 2.05) is 0 Å². The van der Waals surface area contributed by atoms with Crippen LogP contribution in [0.25, 0.3) is 0 Å². The van der Waals surface area contributed by atoms with Gasteiger partial charge in [-0.1, -0.05) is 43.0 Å². The number of nitrogens with one attached hydrogen (secondary N) is 1. The van der Waals surface area contributed by atoms with Crippen molar-refractivity contribution in [2.45, 2.75) is 45.1 Å². The van der Waals surface area contributed by atoms with Gasteiger partial charge in [-0.3, -0.25) is 0 Å². The molecule has 3 heteroatoms. The maximum Gasteiger partial charge on any atom is 0.0424 e. The Labute approximate surface area is 120 Å². The number of hydrogen-bond acceptors (Lipinski definition) is 1. The maximum atomic E-state index is 6.12. The molecule has 0 aliphatic heterocycles. The van der Waals surface area contributed by atoms with Gasteiger partial charge in [0.1, 0.15) is 0 Å². The predicted molar refractivity (Wildman–Crippen MR) is 79.5 cm³/mol. The molecule has 1 saturated carbocycles. The molecule has 0 saturated heterocycles. The second-order valence-electron chi connectivity index (χ2n) is 5.18. The summed E-state index contributed by atoms with van der Waals surface area (Å²) in [4.78, 5) is 0. The van der Waals surface area contributed by atoms with Crippen molar-refractivity contribution in [3.63, 3.8) is 0 Å². The summed E-state index contributed by atoms with van der Waals surface area (Å²) in [5.74, 6) is 0.728. The van der Waals surface area contributed by atoms with Crippen molar-refractivity contribution >= 4 is 23.2 Å². The molecule has 0 bridgehead atoms. The Kier molecular flexibility index (Phi) is 5.35. The van der Waals surface area contributed by atoms with Crippen LogP contribution in [0.3, 0.4) is 0 Å². The number of halogens is 2. The molecule has 1 unspecified atom stereocenters. The third kappa shape index (κ3) is 3.63. The van der Waals surface area contributed by atoms with Crippen LogP contribution in [0.15, 0.2) is 18.2 Å². The lowest BCUT2D eigenvalue weighted by atomic mass is 9.91. The number of hydrogen-bond donors (Lipinski definition) is 1. The minimum atomic E-state index is 0.406. The summed E-state index contributed by atoms with van der Waals surface area (Å²) in [7, 11) is 0. The van der Waals surface area contributed by atoms with Gasteiger partial charge in [0.2, 0.25) is 0 Å². The van der Waals surface area contributed by atoms with Gasteiger partial charge in [-0.05, 0) is 55.5 Å². The Morgan fingerprint density at radius 1 is 1.17 bits per heavy atom. The van der Waals surface area contributed by atoms with E-state index in [1.165, 1.54) is 31.2 Å². The molecule has 1 nitrogen and oxygen atoms in total. The molecule has 1 aliphatic carbocycles. The lowest BCUT2D eigenvalue weighted by Gasteiger charge is -2.25. The first kappa shape index (κ1) is 14.2. The molecule has 100 valence electrons. The topological polar surface area (TPSA) is 12.0 Å². The summed E-state index contributed by atoms with van der Waals surface area (Å²) >= 11 is 12.2. The Morgan fingerprint density at radius 2 is 1.78 bits per heavy atom. The molecule has 1 aromatic carbocycles. The zero-order chi connectivity index (χ0) is 13.0. The van der Waals surface area contributed by atoms with Crippen molar-refractivity contribution in [1.29, 1.82) is 0 Å². The van der Waals surface area contributed by atoms with Gasteiger partial charge in [-0.2, -0.15) is 0 Å². The van der Waals surface area contributed by atoms with Gasteiger partial charge >= 0.3 is 0 Å². The van der Waals surface area contributed by atoms with E-state index in [4.69, 9.17) is 23.2 Å². The fraction of sp³-hybridized carbons (Fsp3) is 0.600. The fourth-order valence-electron chi connectivity index (χ4n) is 2.90. The van der Waals surface area contributed by atoms with Crippen LogP contribution in [0, 0.1) is 5.92 Å². The highest BCUT2D eigenvalue weighted by atomic mass is 35.5. The summed E-state index contributed by atoms with van der Waals surface area (Å²) in [6.45, 7) is 3.24. The quantitative estimate of drug-likeness (QED) is 0.782. The van der Waals surface area contributed by atoms with Gasteiger partial charge in [0, 0.05) is 16.1 Å².